The van der Waals surface area contributed by atoms with Crippen molar-refractivity contribution in [1.29, 1.82) is 0 Å². The van der Waals surface area contributed by atoms with Crippen LogP contribution in [0, 0.1) is 5.92 Å². The van der Waals surface area contributed by atoms with Crippen molar-refractivity contribution in [2.45, 2.75) is 51.6 Å². The maximum absolute atomic E-state index is 11.5. The lowest BCUT2D eigenvalue weighted by atomic mass is 10.0. The number of ether oxygens (including phenoxy) is 1. The summed E-state index contributed by atoms with van der Waals surface area (Å²) in [7, 11) is 1.97. The Bertz CT molecular complexity index is 485. The Hall–Kier alpha value is -0.580. The lowest BCUT2D eigenvalue weighted by molar-refractivity contribution is 0.0456. The zero-order valence-corrected chi connectivity index (χ0v) is 13.8. The van der Waals surface area contributed by atoms with Gasteiger partial charge < -0.3 is 4.74 Å². The molecule has 3 nitrogen and oxygen atoms in total. The Balaban J connectivity index is 2.41. The number of benzene rings is 1. The first-order valence-corrected chi connectivity index (χ1v) is 9.27. The topological polar surface area (TPSA) is 43.4 Å². The fourth-order valence-corrected chi connectivity index (χ4v) is 4.05. The van der Waals surface area contributed by atoms with Gasteiger partial charge in [0.1, 0.15) is 0 Å². The summed E-state index contributed by atoms with van der Waals surface area (Å²) in [6, 6.07) is 9.92. The van der Waals surface area contributed by atoms with Crippen LogP contribution in [0.2, 0.25) is 0 Å². The second kappa shape index (κ2) is 8.01. The fourth-order valence-electron chi connectivity index (χ4n) is 2.09. The molecule has 1 rings (SSSR count). The highest BCUT2D eigenvalue weighted by atomic mass is 35.7. The molecule has 0 aromatic heterocycles. The molecule has 0 aliphatic heterocycles. The van der Waals surface area contributed by atoms with Crippen LogP contribution in [0.4, 0.5) is 0 Å². The summed E-state index contributed by atoms with van der Waals surface area (Å²) >= 11 is 0. The summed E-state index contributed by atoms with van der Waals surface area (Å²) in [6.07, 6.45) is 1.22. The number of rotatable bonds is 8. The van der Waals surface area contributed by atoms with Crippen LogP contribution >= 0.6 is 10.7 Å². The maximum atomic E-state index is 11.5. The number of hydrogen-bond donors (Lipinski definition) is 0. The minimum atomic E-state index is -3.51. The van der Waals surface area contributed by atoms with Gasteiger partial charge in [0, 0.05) is 10.7 Å². The molecule has 0 aliphatic carbocycles. The molecule has 5 heteroatoms. The van der Waals surface area contributed by atoms with E-state index in [1.165, 1.54) is 0 Å². The second-order valence-corrected chi connectivity index (χ2v) is 8.29. The molecule has 1 aromatic carbocycles. The van der Waals surface area contributed by atoms with Crippen molar-refractivity contribution in [3.05, 3.63) is 35.9 Å². The first kappa shape index (κ1) is 17.5. The van der Waals surface area contributed by atoms with Crippen LogP contribution < -0.4 is 0 Å². The Morgan fingerprint density at radius 3 is 2.20 bits per heavy atom. The molecule has 0 radical (unpaired) electrons. The van der Waals surface area contributed by atoms with Gasteiger partial charge in [0.25, 0.3) is 0 Å². The average Bonchev–Trinajstić information content (AvgIpc) is 2.35. The van der Waals surface area contributed by atoms with Gasteiger partial charge in [-0.25, -0.2) is 8.42 Å². The largest absolute Gasteiger partial charge is 0.374 e. The van der Waals surface area contributed by atoms with Gasteiger partial charge in [0.15, 0.2) is 0 Å². The second-order valence-electron chi connectivity index (χ2n) is 5.44. The summed E-state index contributed by atoms with van der Waals surface area (Å²) in [5.74, 6) is 0.0128. The van der Waals surface area contributed by atoms with Gasteiger partial charge in [0.2, 0.25) is 9.05 Å². The Morgan fingerprint density at radius 1 is 1.10 bits per heavy atom. The van der Waals surface area contributed by atoms with Gasteiger partial charge in [-0.15, -0.1) is 0 Å². The lowest BCUT2D eigenvalue weighted by Crippen LogP contribution is -2.24. The van der Waals surface area contributed by atoms with E-state index >= 15 is 0 Å². The molecule has 114 valence electrons. The molecule has 0 aliphatic rings. The maximum Gasteiger partial charge on any atom is 0.235 e. The monoisotopic (exact) mass is 318 g/mol. The molecule has 0 heterocycles. The van der Waals surface area contributed by atoms with E-state index in [4.69, 9.17) is 15.4 Å². The molecule has 0 spiro atoms. The number of hydrogen-bond acceptors (Lipinski definition) is 3. The molecule has 0 fully saturated rings. The molecule has 0 saturated carbocycles. The molecule has 0 saturated heterocycles. The summed E-state index contributed by atoms with van der Waals surface area (Å²) in [6.45, 7) is 6.25. The Labute approximate surface area is 126 Å². The third-order valence-corrected chi connectivity index (χ3v) is 5.53. The average molecular weight is 319 g/mol. The van der Waals surface area contributed by atoms with Gasteiger partial charge in [-0.2, -0.15) is 0 Å². The highest BCUT2D eigenvalue weighted by Gasteiger charge is 2.26. The van der Waals surface area contributed by atoms with Gasteiger partial charge in [-0.05, 0) is 31.2 Å². The van der Waals surface area contributed by atoms with E-state index in [9.17, 15) is 8.42 Å². The van der Waals surface area contributed by atoms with E-state index in [-0.39, 0.29) is 12.0 Å². The summed E-state index contributed by atoms with van der Waals surface area (Å²) in [4.78, 5) is 0. The van der Waals surface area contributed by atoms with Crippen LogP contribution in [-0.2, 0) is 20.4 Å². The standard InChI is InChI=1S/C15H23ClO3S/c1-12(2)15(20(16,17)18)10-9-13(3)19-11-14-7-5-4-6-8-14/h4-8,12-13,15H,9-11H2,1-3H3. The SMILES string of the molecule is CC(CCC(C(C)C)S(=O)(=O)Cl)OCc1ccccc1. The molecule has 1 aromatic rings. The third kappa shape index (κ3) is 6.25. The first-order chi connectivity index (χ1) is 9.30. The molecular weight excluding hydrogens is 296 g/mol. The van der Waals surface area contributed by atoms with Crippen molar-refractivity contribution in [1.82, 2.24) is 0 Å². The van der Waals surface area contributed by atoms with E-state index in [2.05, 4.69) is 0 Å². The van der Waals surface area contributed by atoms with Crippen LogP contribution in [-0.4, -0.2) is 19.8 Å². The van der Waals surface area contributed by atoms with E-state index < -0.39 is 14.3 Å². The Kier molecular flexibility index (Phi) is 7.00. The van der Waals surface area contributed by atoms with E-state index in [1.807, 2.05) is 51.1 Å². The highest BCUT2D eigenvalue weighted by Crippen LogP contribution is 2.22. The van der Waals surface area contributed by atoms with E-state index in [0.717, 1.165) is 5.56 Å². The smallest absolute Gasteiger partial charge is 0.235 e. The first-order valence-electron chi connectivity index (χ1n) is 6.89. The van der Waals surface area contributed by atoms with Crippen LogP contribution in [0.25, 0.3) is 0 Å². The lowest BCUT2D eigenvalue weighted by Gasteiger charge is -2.20. The highest BCUT2D eigenvalue weighted by molar-refractivity contribution is 8.14. The van der Waals surface area contributed by atoms with Crippen LogP contribution in [0.3, 0.4) is 0 Å². The molecular formula is C15H23ClO3S. The zero-order valence-electron chi connectivity index (χ0n) is 12.3. The van der Waals surface area contributed by atoms with Crippen molar-refractivity contribution in [2.24, 2.45) is 5.92 Å². The predicted molar refractivity (Wildman–Crippen MR) is 83.3 cm³/mol. The third-order valence-electron chi connectivity index (χ3n) is 3.34. The van der Waals surface area contributed by atoms with Crippen molar-refractivity contribution in [3.63, 3.8) is 0 Å². The molecule has 0 bridgehead atoms. The van der Waals surface area contributed by atoms with Crippen molar-refractivity contribution in [3.8, 4) is 0 Å². The van der Waals surface area contributed by atoms with Gasteiger partial charge in [-0.3, -0.25) is 0 Å². The van der Waals surface area contributed by atoms with Gasteiger partial charge in [0.05, 0.1) is 18.0 Å². The van der Waals surface area contributed by atoms with E-state index in [1.54, 1.807) is 0 Å². The zero-order chi connectivity index (χ0) is 15.2. The quantitative estimate of drug-likeness (QED) is 0.681. The van der Waals surface area contributed by atoms with Crippen molar-refractivity contribution < 1.29 is 13.2 Å². The van der Waals surface area contributed by atoms with Gasteiger partial charge >= 0.3 is 0 Å². The van der Waals surface area contributed by atoms with Crippen molar-refractivity contribution >= 4 is 19.7 Å². The van der Waals surface area contributed by atoms with Crippen LogP contribution in [0.1, 0.15) is 39.2 Å². The Morgan fingerprint density at radius 2 is 1.70 bits per heavy atom. The van der Waals surface area contributed by atoms with Crippen LogP contribution in [0.15, 0.2) is 30.3 Å². The van der Waals surface area contributed by atoms with Gasteiger partial charge in [-0.1, -0.05) is 44.2 Å². The predicted octanol–water partition coefficient (Wildman–Crippen LogP) is 3.97. The molecule has 2 atom stereocenters. The summed E-state index contributed by atoms with van der Waals surface area (Å²) < 4.78 is 28.7. The number of halogens is 1. The summed E-state index contributed by atoms with van der Waals surface area (Å²) in [5, 5.41) is -0.507. The molecule has 20 heavy (non-hydrogen) atoms. The molecule has 2 unspecified atom stereocenters. The molecule has 0 amide bonds. The summed E-state index contributed by atoms with van der Waals surface area (Å²) in [5.41, 5.74) is 1.12. The van der Waals surface area contributed by atoms with Crippen molar-refractivity contribution in [2.75, 3.05) is 0 Å². The van der Waals surface area contributed by atoms with E-state index in [0.29, 0.717) is 19.4 Å². The molecule has 0 N–H and O–H groups in total. The minimum absolute atomic E-state index is 0.00914. The fraction of sp³-hybridized carbons (Fsp3) is 0.600. The normalized spacial score (nSPS) is 15.2. The minimum Gasteiger partial charge on any atom is -0.374 e. The van der Waals surface area contributed by atoms with Crippen LogP contribution in [0.5, 0.6) is 0 Å².